The standard InChI is InChI=1S/C14H18ClNO2/c1-2-3-4-9-16-14(17)8-10-18-13-7-5-6-12(15)11-13/h2-3,5-7,11H,4,8-10H2,1H3,(H,16,17)/b3-2+. The SMILES string of the molecule is C/C=C/CCNC(=O)CCOc1cccc(Cl)c1. The van der Waals surface area contributed by atoms with Gasteiger partial charge in [0.05, 0.1) is 13.0 Å². The van der Waals surface area contributed by atoms with Gasteiger partial charge in [0.2, 0.25) is 5.91 Å². The molecule has 0 radical (unpaired) electrons. The van der Waals surface area contributed by atoms with Gasteiger partial charge in [0.25, 0.3) is 0 Å². The maximum Gasteiger partial charge on any atom is 0.223 e. The first-order valence-corrected chi connectivity index (χ1v) is 6.36. The van der Waals surface area contributed by atoms with Gasteiger partial charge in [-0.2, -0.15) is 0 Å². The minimum Gasteiger partial charge on any atom is -0.493 e. The fourth-order valence-corrected chi connectivity index (χ4v) is 1.55. The van der Waals surface area contributed by atoms with Gasteiger partial charge >= 0.3 is 0 Å². The van der Waals surface area contributed by atoms with Gasteiger partial charge in [0.1, 0.15) is 5.75 Å². The smallest absolute Gasteiger partial charge is 0.223 e. The van der Waals surface area contributed by atoms with Gasteiger partial charge < -0.3 is 10.1 Å². The minimum atomic E-state index is 0.00142. The van der Waals surface area contributed by atoms with Crippen LogP contribution in [0.15, 0.2) is 36.4 Å². The van der Waals surface area contributed by atoms with Gasteiger partial charge in [-0.15, -0.1) is 0 Å². The van der Waals surface area contributed by atoms with Crippen molar-refractivity contribution in [2.45, 2.75) is 19.8 Å². The van der Waals surface area contributed by atoms with Crippen molar-refractivity contribution >= 4 is 17.5 Å². The third-order valence-electron chi connectivity index (χ3n) is 2.26. The first-order valence-electron chi connectivity index (χ1n) is 5.98. The molecule has 0 aliphatic rings. The van der Waals surface area contributed by atoms with E-state index in [1.54, 1.807) is 12.1 Å². The van der Waals surface area contributed by atoms with E-state index in [4.69, 9.17) is 16.3 Å². The van der Waals surface area contributed by atoms with Crippen molar-refractivity contribution in [3.8, 4) is 5.75 Å². The Labute approximate surface area is 113 Å². The first-order chi connectivity index (χ1) is 8.72. The average Bonchev–Trinajstić information content (AvgIpc) is 2.35. The van der Waals surface area contributed by atoms with Crippen LogP contribution in [0.3, 0.4) is 0 Å². The molecule has 0 unspecified atom stereocenters. The number of ether oxygens (including phenoxy) is 1. The van der Waals surface area contributed by atoms with E-state index >= 15 is 0 Å². The molecule has 1 aromatic carbocycles. The molecule has 1 aromatic rings. The predicted octanol–water partition coefficient (Wildman–Crippen LogP) is 3.19. The maximum absolute atomic E-state index is 11.4. The number of benzene rings is 1. The summed E-state index contributed by atoms with van der Waals surface area (Å²) in [6.45, 7) is 2.98. The Hall–Kier alpha value is -1.48. The zero-order valence-corrected chi connectivity index (χ0v) is 11.2. The minimum absolute atomic E-state index is 0.00142. The highest BCUT2D eigenvalue weighted by molar-refractivity contribution is 6.30. The van der Waals surface area contributed by atoms with Crippen molar-refractivity contribution in [3.05, 3.63) is 41.4 Å². The molecule has 1 N–H and O–H groups in total. The summed E-state index contributed by atoms with van der Waals surface area (Å²) >= 11 is 5.82. The van der Waals surface area contributed by atoms with E-state index < -0.39 is 0 Å². The highest BCUT2D eigenvalue weighted by atomic mass is 35.5. The van der Waals surface area contributed by atoms with Crippen LogP contribution in [0.1, 0.15) is 19.8 Å². The number of hydrogen-bond donors (Lipinski definition) is 1. The summed E-state index contributed by atoms with van der Waals surface area (Å²) in [6.07, 6.45) is 5.19. The zero-order valence-electron chi connectivity index (χ0n) is 10.5. The second kappa shape index (κ2) is 8.59. The number of amides is 1. The zero-order chi connectivity index (χ0) is 13.2. The third-order valence-corrected chi connectivity index (χ3v) is 2.50. The molecule has 1 rings (SSSR count). The summed E-state index contributed by atoms with van der Waals surface area (Å²) in [5.74, 6) is 0.686. The van der Waals surface area contributed by atoms with Crippen LogP contribution in [-0.2, 0) is 4.79 Å². The maximum atomic E-state index is 11.4. The Morgan fingerprint density at radius 1 is 1.50 bits per heavy atom. The van der Waals surface area contributed by atoms with E-state index in [9.17, 15) is 4.79 Å². The van der Waals surface area contributed by atoms with Gasteiger partial charge in [-0.3, -0.25) is 4.79 Å². The third kappa shape index (κ3) is 6.30. The van der Waals surface area contributed by atoms with E-state index in [1.807, 2.05) is 31.2 Å². The Balaban J connectivity index is 2.15. The lowest BCUT2D eigenvalue weighted by Crippen LogP contribution is -2.25. The number of nitrogens with one attached hydrogen (secondary N) is 1. The number of carbonyl (C=O) groups excluding carboxylic acids is 1. The van der Waals surface area contributed by atoms with Crippen molar-refractivity contribution in [1.29, 1.82) is 0 Å². The van der Waals surface area contributed by atoms with Gasteiger partial charge in [-0.05, 0) is 31.5 Å². The molecule has 0 spiro atoms. The Kier molecular flexibility index (Phi) is 6.96. The lowest BCUT2D eigenvalue weighted by molar-refractivity contribution is -0.121. The lowest BCUT2D eigenvalue weighted by Gasteiger charge is -2.06. The molecule has 1 amide bonds. The van der Waals surface area contributed by atoms with Gasteiger partial charge in [-0.1, -0.05) is 29.8 Å². The Morgan fingerprint density at radius 3 is 3.06 bits per heavy atom. The molecule has 4 heteroatoms. The molecule has 98 valence electrons. The monoisotopic (exact) mass is 267 g/mol. The van der Waals surface area contributed by atoms with Crippen molar-refractivity contribution in [2.75, 3.05) is 13.2 Å². The summed E-state index contributed by atoms with van der Waals surface area (Å²) in [7, 11) is 0. The van der Waals surface area contributed by atoms with E-state index in [0.29, 0.717) is 30.3 Å². The topological polar surface area (TPSA) is 38.3 Å². The van der Waals surface area contributed by atoms with Crippen molar-refractivity contribution in [1.82, 2.24) is 5.32 Å². The number of rotatable bonds is 7. The van der Waals surface area contributed by atoms with Crippen LogP contribution in [0, 0.1) is 0 Å². The second-order valence-electron chi connectivity index (χ2n) is 3.76. The van der Waals surface area contributed by atoms with Crippen LogP contribution in [0.4, 0.5) is 0 Å². The Morgan fingerprint density at radius 2 is 2.33 bits per heavy atom. The highest BCUT2D eigenvalue weighted by Crippen LogP contribution is 2.16. The van der Waals surface area contributed by atoms with Crippen LogP contribution in [0.2, 0.25) is 5.02 Å². The largest absolute Gasteiger partial charge is 0.493 e. The van der Waals surface area contributed by atoms with Gasteiger partial charge in [0.15, 0.2) is 0 Å². The van der Waals surface area contributed by atoms with Crippen molar-refractivity contribution in [2.24, 2.45) is 0 Å². The molecule has 0 bridgehead atoms. The van der Waals surface area contributed by atoms with Crippen molar-refractivity contribution in [3.63, 3.8) is 0 Å². The van der Waals surface area contributed by atoms with E-state index in [-0.39, 0.29) is 5.91 Å². The van der Waals surface area contributed by atoms with Crippen molar-refractivity contribution < 1.29 is 9.53 Å². The number of halogens is 1. The molecule has 0 aromatic heterocycles. The quantitative estimate of drug-likeness (QED) is 0.609. The molecule has 3 nitrogen and oxygen atoms in total. The van der Waals surface area contributed by atoms with Crippen LogP contribution in [0.5, 0.6) is 5.75 Å². The summed E-state index contributed by atoms with van der Waals surface area (Å²) in [6, 6.07) is 7.14. The van der Waals surface area contributed by atoms with E-state index in [1.165, 1.54) is 0 Å². The summed E-state index contributed by atoms with van der Waals surface area (Å²) in [5, 5.41) is 3.45. The van der Waals surface area contributed by atoms with Gasteiger partial charge in [-0.25, -0.2) is 0 Å². The average molecular weight is 268 g/mol. The molecule has 0 fully saturated rings. The predicted molar refractivity (Wildman–Crippen MR) is 74.0 cm³/mol. The molecule has 0 heterocycles. The number of allylic oxidation sites excluding steroid dienone is 1. The molecule has 0 aliphatic carbocycles. The molecular weight excluding hydrogens is 250 g/mol. The lowest BCUT2D eigenvalue weighted by atomic mass is 10.3. The second-order valence-corrected chi connectivity index (χ2v) is 4.20. The highest BCUT2D eigenvalue weighted by Gasteiger charge is 2.01. The molecule has 18 heavy (non-hydrogen) atoms. The number of carbonyl (C=O) groups is 1. The van der Waals surface area contributed by atoms with E-state index in [0.717, 1.165) is 6.42 Å². The molecule has 0 atom stereocenters. The summed E-state index contributed by atoms with van der Waals surface area (Å²) in [4.78, 5) is 11.4. The first kappa shape index (κ1) is 14.6. The molecule has 0 saturated carbocycles. The normalized spacial score (nSPS) is 10.6. The Bertz CT molecular complexity index is 405. The van der Waals surface area contributed by atoms with Crippen LogP contribution < -0.4 is 10.1 Å². The van der Waals surface area contributed by atoms with E-state index in [2.05, 4.69) is 5.32 Å². The van der Waals surface area contributed by atoms with Gasteiger partial charge in [0, 0.05) is 11.6 Å². The molecule has 0 aliphatic heterocycles. The number of hydrogen-bond acceptors (Lipinski definition) is 2. The van der Waals surface area contributed by atoms with Crippen LogP contribution >= 0.6 is 11.6 Å². The summed E-state index contributed by atoms with van der Waals surface area (Å²) in [5.41, 5.74) is 0. The van der Waals surface area contributed by atoms with Crippen LogP contribution in [-0.4, -0.2) is 19.1 Å². The fraction of sp³-hybridized carbons (Fsp3) is 0.357. The van der Waals surface area contributed by atoms with Crippen LogP contribution in [0.25, 0.3) is 0 Å². The fourth-order valence-electron chi connectivity index (χ4n) is 1.37. The molecule has 0 saturated heterocycles. The molecular formula is C14H18ClNO2. The summed E-state index contributed by atoms with van der Waals surface area (Å²) < 4.78 is 5.43.